The minimum Gasteiger partial charge on any atom is -0.361 e. The van der Waals surface area contributed by atoms with Gasteiger partial charge in [0.1, 0.15) is 5.76 Å². The standard InChI is InChI=1S/C18H21N3O3/c1-10-4-5-13(18(23)19-14-6-7-14)8-16(10)20-17(22)9-15-11(2)21-24-12(15)3/h4-5,8,14H,6-7,9H2,1-3H3,(H,19,23)(H,20,22). The van der Waals surface area contributed by atoms with Crippen molar-refractivity contribution in [3.8, 4) is 0 Å². The fraction of sp³-hybridized carbons (Fsp3) is 0.389. The van der Waals surface area contributed by atoms with Crippen LogP contribution in [0.5, 0.6) is 0 Å². The molecule has 2 N–H and O–H groups in total. The zero-order valence-electron chi connectivity index (χ0n) is 14.1. The van der Waals surface area contributed by atoms with Gasteiger partial charge in [-0.15, -0.1) is 0 Å². The van der Waals surface area contributed by atoms with Crippen LogP contribution in [-0.2, 0) is 11.2 Å². The average Bonchev–Trinajstić information content (AvgIpc) is 3.30. The van der Waals surface area contributed by atoms with Crippen molar-refractivity contribution in [3.05, 3.63) is 46.3 Å². The van der Waals surface area contributed by atoms with Crippen LogP contribution in [0.2, 0.25) is 0 Å². The van der Waals surface area contributed by atoms with Crippen LogP contribution in [0.4, 0.5) is 5.69 Å². The molecule has 2 aromatic rings. The Labute approximate surface area is 140 Å². The number of aryl methyl sites for hydroxylation is 3. The normalized spacial score (nSPS) is 13.6. The molecule has 1 fully saturated rings. The highest BCUT2D eigenvalue weighted by atomic mass is 16.5. The van der Waals surface area contributed by atoms with Crippen LogP contribution in [0.3, 0.4) is 0 Å². The summed E-state index contributed by atoms with van der Waals surface area (Å²) in [5.74, 6) is 0.392. The molecular formula is C18H21N3O3. The summed E-state index contributed by atoms with van der Waals surface area (Å²) in [6, 6.07) is 5.64. The number of carbonyl (C=O) groups is 2. The predicted molar refractivity (Wildman–Crippen MR) is 90.0 cm³/mol. The molecule has 0 saturated heterocycles. The van der Waals surface area contributed by atoms with Crippen molar-refractivity contribution < 1.29 is 14.1 Å². The molecular weight excluding hydrogens is 306 g/mol. The molecule has 1 saturated carbocycles. The molecule has 1 aliphatic carbocycles. The van der Waals surface area contributed by atoms with Gasteiger partial charge in [0.15, 0.2) is 0 Å². The Morgan fingerprint density at radius 3 is 2.62 bits per heavy atom. The second-order valence-electron chi connectivity index (χ2n) is 6.31. The molecule has 6 nitrogen and oxygen atoms in total. The Hall–Kier alpha value is -2.63. The lowest BCUT2D eigenvalue weighted by atomic mass is 10.1. The lowest BCUT2D eigenvalue weighted by Crippen LogP contribution is -2.25. The van der Waals surface area contributed by atoms with Gasteiger partial charge in [-0.1, -0.05) is 11.2 Å². The zero-order chi connectivity index (χ0) is 17.3. The molecule has 0 atom stereocenters. The van der Waals surface area contributed by atoms with Crippen LogP contribution in [0, 0.1) is 20.8 Å². The number of benzene rings is 1. The smallest absolute Gasteiger partial charge is 0.251 e. The van der Waals surface area contributed by atoms with Crippen molar-refractivity contribution in [3.63, 3.8) is 0 Å². The molecule has 0 aliphatic heterocycles. The van der Waals surface area contributed by atoms with Crippen LogP contribution >= 0.6 is 0 Å². The van der Waals surface area contributed by atoms with Crippen LogP contribution in [0.15, 0.2) is 22.7 Å². The van der Waals surface area contributed by atoms with Gasteiger partial charge in [0.05, 0.1) is 12.1 Å². The number of hydrogen-bond donors (Lipinski definition) is 2. The van der Waals surface area contributed by atoms with Crippen molar-refractivity contribution in [2.24, 2.45) is 0 Å². The topological polar surface area (TPSA) is 84.2 Å². The Morgan fingerprint density at radius 2 is 2.00 bits per heavy atom. The lowest BCUT2D eigenvalue weighted by Gasteiger charge is -2.11. The van der Waals surface area contributed by atoms with E-state index in [2.05, 4.69) is 15.8 Å². The number of nitrogens with zero attached hydrogens (tertiary/aromatic N) is 1. The first-order chi connectivity index (χ1) is 11.4. The van der Waals surface area contributed by atoms with Crippen molar-refractivity contribution in [2.45, 2.75) is 46.1 Å². The van der Waals surface area contributed by atoms with E-state index >= 15 is 0 Å². The van der Waals surface area contributed by atoms with E-state index in [-0.39, 0.29) is 18.2 Å². The second-order valence-corrected chi connectivity index (χ2v) is 6.31. The van der Waals surface area contributed by atoms with Crippen molar-refractivity contribution >= 4 is 17.5 Å². The number of carbonyl (C=O) groups excluding carboxylic acids is 2. The van der Waals surface area contributed by atoms with Gasteiger partial charge < -0.3 is 15.2 Å². The van der Waals surface area contributed by atoms with E-state index in [9.17, 15) is 9.59 Å². The fourth-order valence-corrected chi connectivity index (χ4v) is 2.50. The third kappa shape index (κ3) is 3.64. The van der Waals surface area contributed by atoms with E-state index in [0.29, 0.717) is 23.1 Å². The van der Waals surface area contributed by atoms with Crippen LogP contribution in [0.1, 0.15) is 45.8 Å². The molecule has 24 heavy (non-hydrogen) atoms. The molecule has 126 valence electrons. The number of hydrogen-bond acceptors (Lipinski definition) is 4. The summed E-state index contributed by atoms with van der Waals surface area (Å²) < 4.78 is 5.08. The molecule has 0 radical (unpaired) electrons. The second kappa shape index (κ2) is 6.47. The summed E-state index contributed by atoms with van der Waals surface area (Å²) in [7, 11) is 0. The molecule has 0 bridgehead atoms. The lowest BCUT2D eigenvalue weighted by molar-refractivity contribution is -0.115. The van der Waals surface area contributed by atoms with Gasteiger partial charge in [0.25, 0.3) is 5.91 Å². The number of aromatic nitrogens is 1. The Balaban J connectivity index is 1.71. The molecule has 3 rings (SSSR count). The highest BCUT2D eigenvalue weighted by molar-refractivity contribution is 5.98. The first-order valence-corrected chi connectivity index (χ1v) is 8.07. The van der Waals surface area contributed by atoms with Crippen LogP contribution < -0.4 is 10.6 Å². The monoisotopic (exact) mass is 327 g/mol. The van der Waals surface area contributed by atoms with Crippen LogP contribution in [0.25, 0.3) is 0 Å². The van der Waals surface area contributed by atoms with E-state index in [1.165, 1.54) is 0 Å². The van der Waals surface area contributed by atoms with Gasteiger partial charge in [0, 0.05) is 22.9 Å². The number of amides is 2. The highest BCUT2D eigenvalue weighted by Crippen LogP contribution is 2.22. The Morgan fingerprint density at radius 1 is 1.25 bits per heavy atom. The summed E-state index contributed by atoms with van der Waals surface area (Å²) in [4.78, 5) is 24.5. The van der Waals surface area contributed by atoms with Gasteiger partial charge in [-0.2, -0.15) is 0 Å². The highest BCUT2D eigenvalue weighted by Gasteiger charge is 2.24. The maximum atomic E-state index is 12.3. The third-order valence-corrected chi connectivity index (χ3v) is 4.20. The molecule has 6 heteroatoms. The zero-order valence-corrected chi connectivity index (χ0v) is 14.1. The quantitative estimate of drug-likeness (QED) is 0.884. The summed E-state index contributed by atoms with van der Waals surface area (Å²) in [6.45, 7) is 5.50. The minimum atomic E-state index is -0.160. The van der Waals surface area contributed by atoms with Gasteiger partial charge in [-0.3, -0.25) is 9.59 Å². The molecule has 0 spiro atoms. The third-order valence-electron chi connectivity index (χ3n) is 4.20. The minimum absolute atomic E-state index is 0.0984. The van der Waals surface area contributed by atoms with Gasteiger partial charge >= 0.3 is 0 Å². The summed E-state index contributed by atoms with van der Waals surface area (Å²) in [6.07, 6.45) is 2.27. The van der Waals surface area contributed by atoms with Gasteiger partial charge in [-0.25, -0.2) is 0 Å². The maximum Gasteiger partial charge on any atom is 0.251 e. The summed E-state index contributed by atoms with van der Waals surface area (Å²) in [5, 5.41) is 9.68. The van der Waals surface area contributed by atoms with Crippen molar-refractivity contribution in [1.82, 2.24) is 10.5 Å². The van der Waals surface area contributed by atoms with Crippen molar-refractivity contribution in [2.75, 3.05) is 5.32 Å². The number of rotatable bonds is 5. The van der Waals surface area contributed by atoms with Crippen molar-refractivity contribution in [1.29, 1.82) is 0 Å². The van der Waals surface area contributed by atoms with E-state index in [4.69, 9.17) is 4.52 Å². The van der Waals surface area contributed by atoms with Crippen LogP contribution in [-0.4, -0.2) is 23.0 Å². The maximum absolute atomic E-state index is 12.3. The number of anilines is 1. The molecule has 1 aromatic carbocycles. The average molecular weight is 327 g/mol. The fourth-order valence-electron chi connectivity index (χ4n) is 2.50. The molecule has 1 aromatic heterocycles. The largest absolute Gasteiger partial charge is 0.361 e. The van der Waals surface area contributed by atoms with E-state index in [1.54, 1.807) is 19.1 Å². The summed E-state index contributed by atoms with van der Waals surface area (Å²) >= 11 is 0. The number of nitrogens with one attached hydrogen (secondary N) is 2. The Kier molecular flexibility index (Phi) is 4.38. The molecule has 1 heterocycles. The summed E-state index contributed by atoms with van der Waals surface area (Å²) in [5.41, 5.74) is 3.63. The van der Waals surface area contributed by atoms with E-state index in [1.807, 2.05) is 19.9 Å². The molecule has 0 unspecified atom stereocenters. The molecule has 1 aliphatic rings. The van der Waals surface area contributed by atoms with Gasteiger partial charge in [-0.05, 0) is 51.3 Å². The first-order valence-electron chi connectivity index (χ1n) is 8.07. The predicted octanol–water partition coefficient (Wildman–Crippen LogP) is 2.67. The van der Waals surface area contributed by atoms with E-state index < -0.39 is 0 Å². The molecule has 2 amide bonds. The SMILES string of the molecule is Cc1ccc(C(=O)NC2CC2)cc1NC(=O)Cc1c(C)noc1C. The van der Waals surface area contributed by atoms with Gasteiger partial charge in [0.2, 0.25) is 5.91 Å². The first kappa shape index (κ1) is 16.2. The Bertz CT molecular complexity index is 771. The van der Waals surface area contributed by atoms with E-state index in [0.717, 1.165) is 29.7 Å².